The molecule has 0 spiro atoms. The van der Waals surface area contributed by atoms with Gasteiger partial charge in [0.15, 0.2) is 6.61 Å². The van der Waals surface area contributed by atoms with Crippen LogP contribution in [-0.4, -0.2) is 30.4 Å². The molecule has 1 saturated heterocycles. The first-order valence-electron chi connectivity index (χ1n) is 11.0. The number of halogens is 1. The summed E-state index contributed by atoms with van der Waals surface area (Å²) in [5, 5.41) is 4.92. The molecule has 2 N–H and O–H groups in total. The van der Waals surface area contributed by atoms with Crippen molar-refractivity contribution in [3.05, 3.63) is 94.8 Å². The van der Waals surface area contributed by atoms with Crippen LogP contribution >= 0.6 is 0 Å². The van der Waals surface area contributed by atoms with Crippen LogP contribution in [0, 0.1) is 19.7 Å². The highest BCUT2D eigenvalue weighted by atomic mass is 19.1. The third kappa shape index (κ3) is 5.47. The lowest BCUT2D eigenvalue weighted by Crippen LogP contribution is -2.54. The molecule has 1 heterocycles. The van der Waals surface area contributed by atoms with Crippen LogP contribution in [0.25, 0.3) is 6.08 Å². The van der Waals surface area contributed by atoms with E-state index >= 15 is 0 Å². The maximum absolute atomic E-state index is 13.3. The van der Waals surface area contributed by atoms with E-state index in [-0.39, 0.29) is 23.8 Å². The molecule has 0 saturated carbocycles. The molecule has 182 valence electrons. The predicted molar refractivity (Wildman–Crippen MR) is 132 cm³/mol. The van der Waals surface area contributed by atoms with Gasteiger partial charge >= 0.3 is 6.03 Å². The van der Waals surface area contributed by atoms with E-state index in [1.54, 1.807) is 24.3 Å². The molecule has 0 atom stereocenters. The van der Waals surface area contributed by atoms with Gasteiger partial charge in [-0.1, -0.05) is 24.3 Å². The number of barbiturate groups is 1. The van der Waals surface area contributed by atoms with E-state index in [1.807, 2.05) is 32.0 Å². The van der Waals surface area contributed by atoms with Crippen molar-refractivity contribution >= 4 is 41.2 Å². The number of imide groups is 2. The maximum Gasteiger partial charge on any atom is 0.335 e. The Labute approximate surface area is 206 Å². The second kappa shape index (κ2) is 10.2. The van der Waals surface area contributed by atoms with Crippen LogP contribution in [0.2, 0.25) is 0 Å². The Balaban J connectivity index is 1.48. The Morgan fingerprint density at radius 1 is 1.03 bits per heavy atom. The third-order valence-electron chi connectivity index (χ3n) is 5.39. The molecule has 0 bridgehead atoms. The molecule has 4 rings (SSSR count). The monoisotopic (exact) mass is 487 g/mol. The summed E-state index contributed by atoms with van der Waals surface area (Å²) < 4.78 is 18.8. The van der Waals surface area contributed by atoms with Gasteiger partial charge in [0.1, 0.15) is 17.1 Å². The normalized spacial score (nSPS) is 14.6. The van der Waals surface area contributed by atoms with Gasteiger partial charge < -0.3 is 10.1 Å². The summed E-state index contributed by atoms with van der Waals surface area (Å²) in [5.74, 6) is -2.24. The highest BCUT2D eigenvalue weighted by Gasteiger charge is 2.36. The molecule has 0 aliphatic carbocycles. The van der Waals surface area contributed by atoms with E-state index < -0.39 is 23.7 Å². The minimum Gasteiger partial charge on any atom is -0.484 e. The molecule has 3 aromatic rings. The van der Waals surface area contributed by atoms with Crippen molar-refractivity contribution in [1.82, 2.24) is 5.32 Å². The van der Waals surface area contributed by atoms with Crippen LogP contribution in [0.3, 0.4) is 0 Å². The molecule has 3 aromatic carbocycles. The van der Waals surface area contributed by atoms with Crippen LogP contribution < -0.4 is 20.3 Å². The second-order valence-electron chi connectivity index (χ2n) is 8.16. The number of nitrogens with one attached hydrogen (secondary N) is 2. The van der Waals surface area contributed by atoms with Crippen LogP contribution in [0.1, 0.15) is 16.7 Å². The van der Waals surface area contributed by atoms with Gasteiger partial charge in [0.05, 0.1) is 5.69 Å². The summed E-state index contributed by atoms with van der Waals surface area (Å²) >= 11 is 0. The van der Waals surface area contributed by atoms with Gasteiger partial charge in [0, 0.05) is 5.69 Å². The lowest BCUT2D eigenvalue weighted by Gasteiger charge is -2.26. The van der Waals surface area contributed by atoms with Crippen molar-refractivity contribution < 1.29 is 28.3 Å². The summed E-state index contributed by atoms with van der Waals surface area (Å²) in [6.07, 6.45) is 1.31. The molecule has 36 heavy (non-hydrogen) atoms. The largest absolute Gasteiger partial charge is 0.484 e. The summed E-state index contributed by atoms with van der Waals surface area (Å²) in [7, 11) is 0. The number of hydrogen-bond acceptors (Lipinski definition) is 5. The first-order valence-corrected chi connectivity index (χ1v) is 11.0. The fourth-order valence-corrected chi connectivity index (χ4v) is 3.55. The number of urea groups is 1. The Kier molecular flexibility index (Phi) is 6.91. The van der Waals surface area contributed by atoms with E-state index in [2.05, 4.69) is 10.6 Å². The van der Waals surface area contributed by atoms with Gasteiger partial charge in [-0.2, -0.15) is 0 Å². The first kappa shape index (κ1) is 24.3. The summed E-state index contributed by atoms with van der Waals surface area (Å²) in [6, 6.07) is 16.0. The van der Waals surface area contributed by atoms with Crippen molar-refractivity contribution in [2.24, 2.45) is 0 Å². The number of nitrogens with zero attached hydrogens (tertiary/aromatic N) is 1. The summed E-state index contributed by atoms with van der Waals surface area (Å²) in [6.45, 7) is 3.57. The van der Waals surface area contributed by atoms with Gasteiger partial charge in [-0.15, -0.1) is 0 Å². The number of rotatable bonds is 6. The fraction of sp³-hybridized carbons (Fsp3) is 0.111. The van der Waals surface area contributed by atoms with E-state index in [9.17, 15) is 23.6 Å². The first-order chi connectivity index (χ1) is 17.2. The predicted octanol–water partition coefficient (Wildman–Crippen LogP) is 4.13. The van der Waals surface area contributed by atoms with E-state index in [0.29, 0.717) is 17.0 Å². The number of amides is 5. The smallest absolute Gasteiger partial charge is 0.335 e. The standard InChI is InChI=1S/C27H22FN3O5/c1-16-6-7-17(2)23(12-16)29-24(32)15-36-21-5-3-4-18(13-21)14-22-25(33)30-27(35)31(26(22)34)20-10-8-19(28)9-11-20/h3-14H,15H2,1-2H3,(H,29,32)(H,30,33,35)/b22-14+. The van der Waals surface area contributed by atoms with E-state index in [1.165, 1.54) is 18.2 Å². The fourth-order valence-electron chi connectivity index (χ4n) is 3.55. The number of carbonyl (C=O) groups is 4. The third-order valence-corrected chi connectivity index (χ3v) is 5.39. The van der Waals surface area contributed by atoms with Gasteiger partial charge in [-0.3, -0.25) is 19.7 Å². The number of carbonyl (C=O) groups excluding carboxylic acids is 4. The van der Waals surface area contributed by atoms with E-state index in [0.717, 1.165) is 28.2 Å². The SMILES string of the molecule is Cc1ccc(C)c(NC(=O)COc2cccc(/C=C3\C(=O)NC(=O)N(c4ccc(F)cc4)C3=O)c2)c1. The molecule has 0 radical (unpaired) electrons. The van der Waals surface area contributed by atoms with Crippen LogP contribution in [0.15, 0.2) is 72.3 Å². The zero-order chi connectivity index (χ0) is 25.8. The molecule has 1 aliphatic heterocycles. The number of ether oxygens (including phenoxy) is 1. The number of anilines is 2. The van der Waals surface area contributed by atoms with Crippen LogP contribution in [-0.2, 0) is 14.4 Å². The van der Waals surface area contributed by atoms with Crippen LogP contribution in [0.5, 0.6) is 5.75 Å². The minimum absolute atomic E-state index is 0.115. The molecule has 0 unspecified atom stereocenters. The topological polar surface area (TPSA) is 105 Å². The Bertz CT molecular complexity index is 1400. The van der Waals surface area contributed by atoms with Gasteiger partial charge in [0.25, 0.3) is 17.7 Å². The Morgan fingerprint density at radius 3 is 2.53 bits per heavy atom. The zero-order valence-corrected chi connectivity index (χ0v) is 19.5. The summed E-state index contributed by atoms with van der Waals surface area (Å²) in [4.78, 5) is 50.7. The Morgan fingerprint density at radius 2 is 1.78 bits per heavy atom. The maximum atomic E-state index is 13.3. The van der Waals surface area contributed by atoms with Crippen molar-refractivity contribution in [2.45, 2.75) is 13.8 Å². The number of hydrogen-bond donors (Lipinski definition) is 2. The minimum atomic E-state index is -0.930. The molecule has 1 fully saturated rings. The quantitative estimate of drug-likeness (QED) is 0.402. The van der Waals surface area contributed by atoms with Gasteiger partial charge in [-0.05, 0) is 79.1 Å². The zero-order valence-electron chi connectivity index (χ0n) is 19.5. The average molecular weight is 487 g/mol. The van der Waals surface area contributed by atoms with Crippen molar-refractivity contribution in [1.29, 1.82) is 0 Å². The lowest BCUT2D eigenvalue weighted by atomic mass is 10.1. The second-order valence-corrected chi connectivity index (χ2v) is 8.16. The molecule has 8 nitrogen and oxygen atoms in total. The number of aryl methyl sites for hydroxylation is 2. The molecular formula is C27H22FN3O5. The molecule has 5 amide bonds. The molecule has 0 aromatic heterocycles. The van der Waals surface area contributed by atoms with Crippen molar-refractivity contribution in [3.63, 3.8) is 0 Å². The average Bonchev–Trinajstić information content (AvgIpc) is 2.84. The highest BCUT2D eigenvalue weighted by Crippen LogP contribution is 2.23. The van der Waals surface area contributed by atoms with Crippen molar-refractivity contribution in [2.75, 3.05) is 16.8 Å². The van der Waals surface area contributed by atoms with Gasteiger partial charge in [-0.25, -0.2) is 14.1 Å². The molecule has 9 heteroatoms. The Hall–Kier alpha value is -4.79. The number of benzene rings is 3. The lowest BCUT2D eigenvalue weighted by molar-refractivity contribution is -0.122. The summed E-state index contributed by atoms with van der Waals surface area (Å²) in [5.41, 5.74) is 2.90. The van der Waals surface area contributed by atoms with Gasteiger partial charge in [0.2, 0.25) is 0 Å². The van der Waals surface area contributed by atoms with Crippen molar-refractivity contribution in [3.8, 4) is 5.75 Å². The molecular weight excluding hydrogens is 465 g/mol. The van der Waals surface area contributed by atoms with Crippen LogP contribution in [0.4, 0.5) is 20.6 Å². The van der Waals surface area contributed by atoms with E-state index in [4.69, 9.17) is 4.74 Å². The highest BCUT2D eigenvalue weighted by molar-refractivity contribution is 6.39. The molecule has 1 aliphatic rings.